The minimum Gasteiger partial charge on any atom is -0.468 e. The number of sulfone groups is 1. The monoisotopic (exact) mass is 1410 g/mol. The lowest BCUT2D eigenvalue weighted by Crippen LogP contribution is -2.40. The number of para-hydroxylation sites is 10. The molecule has 10 bridgehead atoms. The number of benzene rings is 6. The molecule has 0 radical (unpaired) electrons. The first kappa shape index (κ1) is 68.0. The summed E-state index contributed by atoms with van der Waals surface area (Å²) in [5, 5.41) is 18.4. The Balaban J connectivity index is 0.0000000965. The first-order chi connectivity index (χ1) is 50.4. The van der Waals surface area contributed by atoms with E-state index in [9.17, 15) is 13.2 Å². The molecule has 540 valence electrons. The first-order valence-electron chi connectivity index (χ1n) is 38.7. The average Bonchev–Trinajstić information content (AvgIpc) is 1.64. The summed E-state index contributed by atoms with van der Waals surface area (Å²) in [5.41, 5.74) is 11.1. The van der Waals surface area contributed by atoms with E-state index < -0.39 is 9.84 Å². The molecule has 6 N–H and O–H groups in total. The van der Waals surface area contributed by atoms with Gasteiger partial charge >= 0.3 is 5.69 Å². The standard InChI is InChI=1S/C22H25N3O2S.C16H21N3O.C15H19N3O.C15H19N3.C14H17N3O/c26-28(27,19-6-2-1-3-7-19)13-12-22-24-20-8-4-5-9-21(20)25(22)18-14-16-10-11-17(15-18)23-16;1-2-20-16-18-14-5-3-4-6-15(14)19(16)13-9-11-7-8-12(10-13)17-11;1-19-15-17-13-4-2-3-5-14(13)18(15)12-8-10-6-7-11(9-12)16-10;1-10-16-14-4-2-3-5-15(14)18(10)13-8-11-6-7-12(9-13)17-11;18-14-16-12-3-1-2-4-13(12)17(14)11-7-9-5-6-10(8-11)15-9/h1-9,16-18,23H,10-15H2;3-6,11-13,17H,2,7-10H2,1H3;2-5,10-12,16H,6-9H2,1H3;2-5,11-13,17H,6-9H2,1H3;1-4,9-11,15H,5-8H2,(H,16,18)/t16-,17+,18?;11-,12+,13?;10-,11+,12?;11-,12+,13?;9-,10+,11?. The molecular weight excluding hydrogens is 1310 g/mol. The zero-order valence-electron chi connectivity index (χ0n) is 59.8. The van der Waals surface area contributed by atoms with Gasteiger partial charge in [0.15, 0.2) is 9.84 Å². The lowest BCUT2D eigenvalue weighted by molar-refractivity contribution is 0.249. The maximum Gasteiger partial charge on any atom is 0.326 e. The van der Waals surface area contributed by atoms with Gasteiger partial charge in [0.2, 0.25) is 0 Å². The number of ether oxygens (including phenoxy) is 2. The third kappa shape index (κ3) is 14.1. The van der Waals surface area contributed by atoms with Gasteiger partial charge in [-0.1, -0.05) is 78.9 Å². The minimum atomic E-state index is -3.32. The third-order valence-electron chi connectivity index (χ3n) is 24.4. The predicted octanol–water partition coefficient (Wildman–Crippen LogP) is 13.5. The van der Waals surface area contributed by atoms with E-state index in [2.05, 4.69) is 133 Å². The lowest BCUT2D eigenvalue weighted by atomic mass is 9.99. The van der Waals surface area contributed by atoms with E-state index in [-0.39, 0.29) is 11.4 Å². The van der Waals surface area contributed by atoms with Gasteiger partial charge in [0.1, 0.15) is 11.6 Å². The van der Waals surface area contributed by atoms with Gasteiger partial charge in [-0.15, -0.1) is 0 Å². The zero-order chi connectivity index (χ0) is 69.7. The second kappa shape index (κ2) is 29.4. The summed E-state index contributed by atoms with van der Waals surface area (Å²) in [6, 6.07) is 60.6. The van der Waals surface area contributed by atoms with E-state index >= 15 is 0 Å². The molecule has 21 heteroatoms. The van der Waals surface area contributed by atoms with E-state index in [0.29, 0.717) is 96.5 Å². The molecule has 10 saturated heterocycles. The number of piperidine rings is 5. The SMILES string of the molecule is CCOc1nc2ccccc2n1C1C[C@H]2CC[C@@H](C1)N2.COc1nc2ccccc2n1C1C[C@H]2CC[C@@H](C1)N2.Cc1nc2ccccc2n1C1C[C@H]2CC[C@@H](C1)N2.O=S(=O)(CCc1nc2ccccc2n1C1C[C@H]2CC[C@@H](C1)N2)c1ccccc1.O=c1[nH]c2ccccc2n1C1C[C@H]2CC[C@@H](C1)N2. The number of hydrogen-bond donors (Lipinski definition) is 6. The molecule has 0 saturated carbocycles. The smallest absolute Gasteiger partial charge is 0.326 e. The van der Waals surface area contributed by atoms with Crippen molar-refractivity contribution in [1.29, 1.82) is 0 Å². The maximum atomic E-state index is 12.8. The highest BCUT2D eigenvalue weighted by Gasteiger charge is 2.41. The molecule has 21 rings (SSSR count). The van der Waals surface area contributed by atoms with Crippen LogP contribution in [0.2, 0.25) is 0 Å². The van der Waals surface area contributed by atoms with Crippen LogP contribution in [0.5, 0.6) is 12.0 Å². The largest absolute Gasteiger partial charge is 0.468 e. The van der Waals surface area contributed by atoms with E-state index in [1.165, 1.54) is 125 Å². The Morgan fingerprint density at radius 3 is 1.18 bits per heavy atom. The summed E-state index contributed by atoms with van der Waals surface area (Å²) in [5.74, 6) is 2.15. The highest BCUT2D eigenvalue weighted by atomic mass is 32.2. The fraction of sp³-hybridized carbons (Fsp3) is 0.500. The molecule has 10 aliphatic heterocycles. The third-order valence-corrected chi connectivity index (χ3v) is 26.1. The van der Waals surface area contributed by atoms with Crippen molar-refractivity contribution in [3.05, 3.63) is 174 Å². The number of nitrogens with one attached hydrogen (secondary N) is 6. The van der Waals surface area contributed by atoms with Crippen molar-refractivity contribution in [2.24, 2.45) is 0 Å². The fourth-order valence-electron chi connectivity index (χ4n) is 20.0. The van der Waals surface area contributed by atoms with Crippen molar-refractivity contribution in [2.45, 2.75) is 244 Å². The van der Waals surface area contributed by atoms with Crippen LogP contribution < -0.4 is 41.7 Å². The van der Waals surface area contributed by atoms with Crippen molar-refractivity contribution in [3.8, 4) is 12.0 Å². The van der Waals surface area contributed by atoms with Crippen LogP contribution in [0.25, 0.3) is 55.2 Å². The van der Waals surface area contributed by atoms with Crippen LogP contribution >= 0.6 is 0 Å². The maximum absolute atomic E-state index is 12.8. The van der Waals surface area contributed by atoms with Crippen molar-refractivity contribution < 1.29 is 17.9 Å². The van der Waals surface area contributed by atoms with Crippen LogP contribution in [0.3, 0.4) is 0 Å². The Morgan fingerprint density at radius 2 is 0.738 bits per heavy atom. The molecule has 0 aliphatic carbocycles. The van der Waals surface area contributed by atoms with Gasteiger partial charge in [0.25, 0.3) is 12.0 Å². The predicted molar refractivity (Wildman–Crippen MR) is 407 cm³/mol. The second-order valence-corrected chi connectivity index (χ2v) is 33.2. The molecule has 11 aromatic rings. The fourth-order valence-corrected chi connectivity index (χ4v) is 21.3. The summed E-state index contributed by atoms with van der Waals surface area (Å²) in [6.45, 7) is 4.83. The highest BCUT2D eigenvalue weighted by Crippen LogP contribution is 2.43. The Bertz CT molecular complexity index is 4900. The number of aromatic nitrogens is 10. The van der Waals surface area contributed by atoms with Gasteiger partial charge in [0, 0.05) is 97.0 Å². The van der Waals surface area contributed by atoms with Crippen LogP contribution in [0.15, 0.2) is 161 Å². The van der Waals surface area contributed by atoms with Gasteiger partial charge in [-0.3, -0.25) is 13.7 Å². The Morgan fingerprint density at radius 1 is 0.398 bits per heavy atom. The molecule has 20 nitrogen and oxygen atoms in total. The second-order valence-electron chi connectivity index (χ2n) is 31.1. The molecule has 5 aromatic heterocycles. The Hall–Kier alpha value is -8.18. The van der Waals surface area contributed by atoms with E-state index in [0.717, 1.165) is 94.2 Å². The molecule has 10 aliphatic rings. The lowest BCUT2D eigenvalue weighted by Gasteiger charge is -2.31. The minimum absolute atomic E-state index is 0.0440. The van der Waals surface area contributed by atoms with Gasteiger partial charge in [0.05, 0.1) is 79.5 Å². The van der Waals surface area contributed by atoms with Crippen molar-refractivity contribution >= 4 is 65.0 Å². The highest BCUT2D eigenvalue weighted by molar-refractivity contribution is 7.91. The molecule has 0 amide bonds. The van der Waals surface area contributed by atoms with Gasteiger partial charge < -0.3 is 50.2 Å². The normalized spacial score (nSPS) is 28.7. The van der Waals surface area contributed by atoms with Crippen molar-refractivity contribution in [2.75, 3.05) is 19.5 Å². The molecule has 15 heterocycles. The number of aryl methyl sites for hydroxylation is 2. The number of fused-ring (bicyclic) bond motifs is 15. The molecule has 10 fully saturated rings. The number of nitrogens with zero attached hydrogens (tertiary/aromatic N) is 9. The van der Waals surface area contributed by atoms with Crippen molar-refractivity contribution in [3.63, 3.8) is 0 Å². The zero-order valence-corrected chi connectivity index (χ0v) is 60.6. The molecular formula is C82H101N15O5S. The number of rotatable bonds is 12. The van der Waals surface area contributed by atoms with Crippen LogP contribution in [0.1, 0.15) is 177 Å². The molecule has 15 atom stereocenters. The Kier molecular flexibility index (Phi) is 19.4. The summed E-state index contributed by atoms with van der Waals surface area (Å²) in [7, 11) is -1.60. The number of imidazole rings is 5. The van der Waals surface area contributed by atoms with Gasteiger partial charge in [-0.05, 0) is 215 Å². The first-order valence-corrected chi connectivity index (χ1v) is 40.3. The van der Waals surface area contributed by atoms with Crippen LogP contribution in [-0.2, 0) is 16.3 Å². The van der Waals surface area contributed by atoms with Crippen LogP contribution in [0, 0.1) is 6.92 Å². The molecule has 0 spiro atoms. The number of methoxy groups -OCH3 is 1. The molecule has 6 aromatic carbocycles. The van der Waals surface area contributed by atoms with E-state index in [1.54, 1.807) is 31.4 Å². The molecule has 103 heavy (non-hydrogen) atoms. The quantitative estimate of drug-likeness (QED) is 0.0670. The van der Waals surface area contributed by atoms with Crippen LogP contribution in [0.4, 0.5) is 0 Å². The summed E-state index contributed by atoms with van der Waals surface area (Å²) in [4.78, 5) is 34.3. The Labute approximate surface area is 603 Å². The van der Waals surface area contributed by atoms with Gasteiger partial charge in [-0.2, -0.15) is 9.97 Å². The van der Waals surface area contributed by atoms with E-state index in [1.807, 2.05) is 72.2 Å². The number of aromatic amines is 1. The summed E-state index contributed by atoms with van der Waals surface area (Å²) < 4.78 is 48.3. The van der Waals surface area contributed by atoms with Gasteiger partial charge in [-0.25, -0.2) is 23.2 Å². The summed E-state index contributed by atoms with van der Waals surface area (Å²) in [6.07, 6.45) is 25.0. The summed E-state index contributed by atoms with van der Waals surface area (Å²) >= 11 is 0. The number of hydrogen-bond acceptors (Lipinski definition) is 14. The van der Waals surface area contributed by atoms with E-state index in [4.69, 9.17) is 19.4 Å². The van der Waals surface area contributed by atoms with Crippen LogP contribution in [-0.4, -0.2) is 136 Å². The molecule has 5 unspecified atom stereocenters. The van der Waals surface area contributed by atoms with Crippen molar-refractivity contribution in [1.82, 2.24) is 74.3 Å². The average molecular weight is 1410 g/mol. The number of H-pyrrole nitrogens is 1. The topological polar surface area (TPSA) is 222 Å².